The average Bonchev–Trinajstić information content (AvgIpc) is 2.30. The molecule has 0 bridgehead atoms. The molecular formula is C14H23NO. The van der Waals surface area contributed by atoms with Gasteiger partial charge in [-0.15, -0.1) is 6.42 Å². The Morgan fingerprint density at radius 2 is 2.31 bits per heavy atom. The first-order chi connectivity index (χ1) is 7.61. The Bertz CT molecular complexity index is 292. The lowest BCUT2D eigenvalue weighted by Crippen LogP contribution is -2.70. The van der Waals surface area contributed by atoms with Crippen LogP contribution >= 0.6 is 0 Å². The van der Waals surface area contributed by atoms with Crippen molar-refractivity contribution in [1.29, 1.82) is 0 Å². The van der Waals surface area contributed by atoms with Crippen LogP contribution in [0.1, 0.15) is 40.0 Å². The van der Waals surface area contributed by atoms with E-state index in [9.17, 15) is 0 Å². The molecule has 2 rings (SSSR count). The standard InChI is InChI=1S/C14H23NO/c1-5-10(6-2)15-12-11-8-7-9-16-13(11)14(12,3)4/h1,10-13,15H,6-9H2,2-4H3. The number of hydrogen-bond acceptors (Lipinski definition) is 2. The summed E-state index contributed by atoms with van der Waals surface area (Å²) in [4.78, 5) is 0. The summed E-state index contributed by atoms with van der Waals surface area (Å²) in [6, 6.07) is 0.742. The Labute approximate surface area is 99.1 Å². The summed E-state index contributed by atoms with van der Waals surface area (Å²) in [6.07, 6.45) is 9.44. The zero-order chi connectivity index (χ0) is 11.8. The van der Waals surface area contributed by atoms with Gasteiger partial charge in [-0.2, -0.15) is 0 Å². The van der Waals surface area contributed by atoms with E-state index in [0.29, 0.717) is 18.1 Å². The van der Waals surface area contributed by atoms with Crippen molar-refractivity contribution in [2.75, 3.05) is 6.61 Å². The molecule has 2 aliphatic rings. The first-order valence-electron chi connectivity index (χ1n) is 6.45. The van der Waals surface area contributed by atoms with E-state index in [2.05, 4.69) is 32.0 Å². The fourth-order valence-corrected chi connectivity index (χ4v) is 3.36. The molecule has 4 atom stereocenters. The van der Waals surface area contributed by atoms with Crippen molar-refractivity contribution >= 4 is 0 Å². The van der Waals surface area contributed by atoms with Crippen LogP contribution in [-0.4, -0.2) is 24.8 Å². The molecule has 0 amide bonds. The van der Waals surface area contributed by atoms with E-state index in [1.165, 1.54) is 12.8 Å². The highest BCUT2D eigenvalue weighted by Crippen LogP contribution is 2.51. The Morgan fingerprint density at radius 1 is 1.56 bits per heavy atom. The highest BCUT2D eigenvalue weighted by molar-refractivity contribution is 5.13. The molecule has 90 valence electrons. The number of hydrogen-bond donors (Lipinski definition) is 1. The van der Waals surface area contributed by atoms with Crippen molar-refractivity contribution in [3.63, 3.8) is 0 Å². The second kappa shape index (κ2) is 4.39. The van der Waals surface area contributed by atoms with E-state index in [4.69, 9.17) is 11.2 Å². The smallest absolute Gasteiger partial charge is 0.0686 e. The van der Waals surface area contributed by atoms with Crippen LogP contribution in [0.2, 0.25) is 0 Å². The van der Waals surface area contributed by atoms with E-state index in [1.807, 2.05) is 0 Å². The summed E-state index contributed by atoms with van der Waals surface area (Å²) in [7, 11) is 0. The molecule has 1 N–H and O–H groups in total. The third kappa shape index (κ3) is 1.77. The van der Waals surface area contributed by atoms with Gasteiger partial charge in [-0.3, -0.25) is 5.32 Å². The quantitative estimate of drug-likeness (QED) is 0.738. The molecule has 0 aromatic carbocycles. The second-order valence-corrected chi connectivity index (χ2v) is 5.69. The summed E-state index contributed by atoms with van der Waals surface area (Å²) in [5.41, 5.74) is 0.232. The van der Waals surface area contributed by atoms with E-state index < -0.39 is 0 Å². The molecule has 0 aromatic rings. The van der Waals surface area contributed by atoms with E-state index in [0.717, 1.165) is 13.0 Å². The SMILES string of the molecule is C#CC(CC)NC1C2CCCOC2C1(C)C. The maximum absolute atomic E-state index is 5.88. The van der Waals surface area contributed by atoms with Crippen LogP contribution in [0, 0.1) is 23.7 Å². The molecule has 1 heterocycles. The van der Waals surface area contributed by atoms with E-state index >= 15 is 0 Å². The minimum atomic E-state index is 0.215. The van der Waals surface area contributed by atoms with Gasteiger partial charge in [0.25, 0.3) is 0 Å². The molecule has 4 unspecified atom stereocenters. The Hall–Kier alpha value is -0.520. The van der Waals surface area contributed by atoms with Gasteiger partial charge in [0.05, 0.1) is 12.1 Å². The van der Waals surface area contributed by atoms with Gasteiger partial charge in [-0.25, -0.2) is 0 Å². The van der Waals surface area contributed by atoms with Crippen molar-refractivity contribution in [3.8, 4) is 12.3 Å². The van der Waals surface area contributed by atoms with Gasteiger partial charge in [-0.05, 0) is 19.3 Å². The lowest BCUT2D eigenvalue weighted by Gasteiger charge is -2.60. The molecule has 2 nitrogen and oxygen atoms in total. The van der Waals surface area contributed by atoms with Gasteiger partial charge in [-0.1, -0.05) is 26.7 Å². The summed E-state index contributed by atoms with van der Waals surface area (Å²) < 4.78 is 5.88. The summed E-state index contributed by atoms with van der Waals surface area (Å²) in [5, 5.41) is 3.63. The highest BCUT2D eigenvalue weighted by Gasteiger charge is 2.57. The van der Waals surface area contributed by atoms with Gasteiger partial charge in [0.1, 0.15) is 0 Å². The summed E-state index contributed by atoms with van der Waals surface area (Å²) in [5.74, 6) is 3.50. The number of terminal acetylenes is 1. The van der Waals surface area contributed by atoms with E-state index in [-0.39, 0.29) is 11.5 Å². The van der Waals surface area contributed by atoms with Crippen LogP contribution < -0.4 is 5.32 Å². The van der Waals surface area contributed by atoms with Gasteiger partial charge in [0.2, 0.25) is 0 Å². The maximum atomic E-state index is 5.88. The lowest BCUT2D eigenvalue weighted by atomic mass is 9.55. The number of rotatable bonds is 3. The normalized spacial score (nSPS) is 38.0. The van der Waals surface area contributed by atoms with Crippen LogP contribution in [0.4, 0.5) is 0 Å². The fourth-order valence-electron chi connectivity index (χ4n) is 3.36. The van der Waals surface area contributed by atoms with Crippen LogP contribution in [0.3, 0.4) is 0 Å². The molecule has 1 aliphatic carbocycles. The molecule has 16 heavy (non-hydrogen) atoms. The number of nitrogens with one attached hydrogen (secondary N) is 1. The predicted octanol–water partition coefficient (Wildman–Crippen LogP) is 2.19. The minimum absolute atomic E-state index is 0.215. The van der Waals surface area contributed by atoms with Crippen LogP contribution in [0.25, 0.3) is 0 Å². The van der Waals surface area contributed by atoms with Gasteiger partial charge >= 0.3 is 0 Å². The molecule has 1 saturated carbocycles. The first-order valence-corrected chi connectivity index (χ1v) is 6.45. The van der Waals surface area contributed by atoms with Gasteiger partial charge in [0, 0.05) is 24.0 Å². The molecule has 0 aromatic heterocycles. The Kier molecular flexibility index (Phi) is 3.28. The molecule has 2 heteroatoms. The largest absolute Gasteiger partial charge is 0.377 e. The molecule has 2 fully saturated rings. The predicted molar refractivity (Wildman–Crippen MR) is 66.1 cm³/mol. The maximum Gasteiger partial charge on any atom is 0.0686 e. The molecule has 1 aliphatic heterocycles. The number of fused-ring (bicyclic) bond motifs is 1. The van der Waals surface area contributed by atoms with Crippen molar-refractivity contribution in [2.24, 2.45) is 11.3 Å². The van der Waals surface area contributed by atoms with Crippen molar-refractivity contribution in [2.45, 2.75) is 58.2 Å². The van der Waals surface area contributed by atoms with Crippen molar-refractivity contribution < 1.29 is 4.74 Å². The lowest BCUT2D eigenvalue weighted by molar-refractivity contribution is -0.193. The first kappa shape index (κ1) is 12.0. The zero-order valence-electron chi connectivity index (χ0n) is 10.6. The third-order valence-corrected chi connectivity index (χ3v) is 4.32. The highest BCUT2D eigenvalue weighted by atomic mass is 16.5. The monoisotopic (exact) mass is 221 g/mol. The van der Waals surface area contributed by atoms with Gasteiger partial charge < -0.3 is 4.74 Å². The topological polar surface area (TPSA) is 21.3 Å². The Balaban J connectivity index is 2.01. The van der Waals surface area contributed by atoms with Gasteiger partial charge in [0.15, 0.2) is 0 Å². The van der Waals surface area contributed by atoms with Crippen LogP contribution in [-0.2, 0) is 4.74 Å². The Morgan fingerprint density at radius 3 is 2.94 bits per heavy atom. The van der Waals surface area contributed by atoms with E-state index in [1.54, 1.807) is 0 Å². The molecule has 0 radical (unpaired) electrons. The fraction of sp³-hybridized carbons (Fsp3) is 0.857. The summed E-state index contributed by atoms with van der Waals surface area (Å²) >= 11 is 0. The summed E-state index contributed by atoms with van der Waals surface area (Å²) in [6.45, 7) is 7.66. The van der Waals surface area contributed by atoms with Crippen molar-refractivity contribution in [1.82, 2.24) is 5.32 Å². The van der Waals surface area contributed by atoms with Crippen molar-refractivity contribution in [3.05, 3.63) is 0 Å². The zero-order valence-corrected chi connectivity index (χ0v) is 10.6. The minimum Gasteiger partial charge on any atom is -0.377 e. The third-order valence-electron chi connectivity index (χ3n) is 4.32. The molecule has 0 spiro atoms. The van der Waals surface area contributed by atoms with Crippen LogP contribution in [0.15, 0.2) is 0 Å². The second-order valence-electron chi connectivity index (χ2n) is 5.69. The average molecular weight is 221 g/mol. The molecule has 1 saturated heterocycles. The molecular weight excluding hydrogens is 198 g/mol. The van der Waals surface area contributed by atoms with Crippen LogP contribution in [0.5, 0.6) is 0 Å². The number of ether oxygens (including phenoxy) is 1.